The van der Waals surface area contributed by atoms with E-state index in [0.29, 0.717) is 11.0 Å². The Bertz CT molecular complexity index is 593. The first-order valence-corrected chi connectivity index (χ1v) is 7.10. The van der Waals surface area contributed by atoms with Crippen LogP contribution in [0.25, 0.3) is 11.4 Å². The molecule has 0 aliphatic heterocycles. The summed E-state index contributed by atoms with van der Waals surface area (Å²) in [5.41, 5.74) is 2.81. The molecule has 0 unspecified atom stereocenters. The van der Waals surface area contributed by atoms with E-state index >= 15 is 0 Å². The maximum Gasteiger partial charge on any atom is 0.162 e. The summed E-state index contributed by atoms with van der Waals surface area (Å²) in [7, 11) is 1.63. The van der Waals surface area contributed by atoms with Gasteiger partial charge in [-0.3, -0.25) is 0 Å². The van der Waals surface area contributed by atoms with E-state index in [-0.39, 0.29) is 0 Å². The second kappa shape index (κ2) is 5.88. The molecule has 100 valence electrons. The summed E-state index contributed by atoms with van der Waals surface area (Å²) in [4.78, 5) is 8.90. The lowest BCUT2D eigenvalue weighted by Crippen LogP contribution is -1.99. The Kier molecular flexibility index (Phi) is 4.42. The van der Waals surface area contributed by atoms with Crippen molar-refractivity contribution in [2.45, 2.75) is 20.3 Å². The largest absolute Gasteiger partial charge is 0.497 e. The molecule has 0 fully saturated rings. The number of methoxy groups -OCH3 is 1. The molecule has 3 nitrogen and oxygen atoms in total. The van der Waals surface area contributed by atoms with Gasteiger partial charge >= 0.3 is 0 Å². The molecule has 0 N–H and O–H groups in total. The van der Waals surface area contributed by atoms with E-state index in [2.05, 4.69) is 25.9 Å². The molecule has 0 bridgehead atoms. The lowest BCUT2D eigenvalue weighted by atomic mass is 10.1. The van der Waals surface area contributed by atoms with Crippen molar-refractivity contribution in [1.29, 1.82) is 0 Å². The number of ether oxygens (including phenoxy) is 1. The van der Waals surface area contributed by atoms with Crippen molar-refractivity contribution in [1.82, 2.24) is 9.97 Å². The molecule has 0 amide bonds. The number of hydrogen-bond acceptors (Lipinski definition) is 3. The minimum absolute atomic E-state index is 0.521. The van der Waals surface area contributed by atoms with Gasteiger partial charge in [0.2, 0.25) is 0 Å². The minimum atomic E-state index is 0.521. The van der Waals surface area contributed by atoms with E-state index in [1.54, 1.807) is 7.11 Å². The van der Waals surface area contributed by atoms with Gasteiger partial charge in [0.05, 0.1) is 7.11 Å². The van der Waals surface area contributed by atoms with Crippen molar-refractivity contribution in [3.8, 4) is 17.1 Å². The number of halogens is 2. The fraction of sp³-hybridized carbons (Fsp3) is 0.286. The fourth-order valence-corrected chi connectivity index (χ4v) is 2.77. The summed E-state index contributed by atoms with van der Waals surface area (Å²) in [6.45, 7) is 3.99. The maximum absolute atomic E-state index is 6.20. The van der Waals surface area contributed by atoms with Crippen molar-refractivity contribution in [2.24, 2.45) is 0 Å². The van der Waals surface area contributed by atoms with Crippen LogP contribution in [0.5, 0.6) is 5.75 Å². The molecular formula is C14H14BrClN2O. The molecule has 1 aromatic heterocycles. The van der Waals surface area contributed by atoms with Crippen molar-refractivity contribution in [3.63, 3.8) is 0 Å². The zero-order valence-corrected chi connectivity index (χ0v) is 13.3. The van der Waals surface area contributed by atoms with Gasteiger partial charge in [0.15, 0.2) is 5.82 Å². The maximum atomic E-state index is 6.20. The second-order valence-corrected chi connectivity index (χ2v) is 5.31. The summed E-state index contributed by atoms with van der Waals surface area (Å²) in [5.74, 6) is 1.40. The number of hydrogen-bond donors (Lipinski definition) is 0. The SMILES string of the molecule is CCc1c(C)nc(-c2ccc(OC)cc2Br)nc1Cl. The van der Waals surface area contributed by atoms with Crippen LogP contribution in [0.3, 0.4) is 0 Å². The molecular weight excluding hydrogens is 328 g/mol. The molecule has 2 aromatic rings. The Labute approximate surface area is 126 Å². The van der Waals surface area contributed by atoms with E-state index in [4.69, 9.17) is 16.3 Å². The fourth-order valence-electron chi connectivity index (χ4n) is 1.89. The first kappa shape index (κ1) is 14.3. The number of nitrogens with zero attached hydrogens (tertiary/aromatic N) is 2. The average Bonchev–Trinajstić information content (AvgIpc) is 2.38. The Morgan fingerprint density at radius 1 is 1.32 bits per heavy atom. The van der Waals surface area contributed by atoms with Crippen LogP contribution < -0.4 is 4.74 Å². The van der Waals surface area contributed by atoms with Crippen LogP contribution in [0.15, 0.2) is 22.7 Å². The van der Waals surface area contributed by atoms with E-state index < -0.39 is 0 Å². The third-order valence-corrected chi connectivity index (χ3v) is 3.90. The molecule has 0 aliphatic rings. The highest BCUT2D eigenvalue weighted by atomic mass is 79.9. The zero-order valence-electron chi connectivity index (χ0n) is 11.0. The Balaban J connectivity index is 2.53. The Morgan fingerprint density at radius 3 is 2.58 bits per heavy atom. The minimum Gasteiger partial charge on any atom is -0.497 e. The highest BCUT2D eigenvalue weighted by Crippen LogP contribution is 2.31. The van der Waals surface area contributed by atoms with Gasteiger partial charge in [-0.25, -0.2) is 9.97 Å². The number of rotatable bonds is 3. The highest BCUT2D eigenvalue weighted by molar-refractivity contribution is 9.10. The quantitative estimate of drug-likeness (QED) is 0.774. The van der Waals surface area contributed by atoms with Crippen LogP contribution in [0, 0.1) is 6.92 Å². The van der Waals surface area contributed by atoms with Gasteiger partial charge in [-0.1, -0.05) is 18.5 Å². The first-order chi connectivity index (χ1) is 9.06. The van der Waals surface area contributed by atoms with E-state index in [9.17, 15) is 0 Å². The van der Waals surface area contributed by atoms with Gasteiger partial charge in [-0.15, -0.1) is 0 Å². The molecule has 2 rings (SSSR count). The standard InChI is InChI=1S/C14H14BrClN2O/c1-4-10-8(2)17-14(18-13(10)16)11-6-5-9(19-3)7-12(11)15/h5-7H,4H2,1-3H3. The molecule has 0 radical (unpaired) electrons. The predicted molar refractivity (Wildman–Crippen MR) is 80.8 cm³/mol. The lowest BCUT2D eigenvalue weighted by Gasteiger charge is -2.10. The van der Waals surface area contributed by atoms with E-state index in [1.165, 1.54) is 0 Å². The summed E-state index contributed by atoms with van der Waals surface area (Å²) in [6, 6.07) is 5.68. The summed E-state index contributed by atoms with van der Waals surface area (Å²) >= 11 is 9.71. The molecule has 5 heteroatoms. The van der Waals surface area contributed by atoms with Crippen molar-refractivity contribution < 1.29 is 4.74 Å². The molecule has 19 heavy (non-hydrogen) atoms. The van der Waals surface area contributed by atoms with Crippen molar-refractivity contribution in [2.75, 3.05) is 7.11 Å². The van der Waals surface area contributed by atoms with Gasteiger partial charge in [0, 0.05) is 21.3 Å². The summed E-state index contributed by atoms with van der Waals surface area (Å²) in [5, 5.41) is 0.521. The molecule has 1 aromatic carbocycles. The molecule has 0 spiro atoms. The van der Waals surface area contributed by atoms with Crippen LogP contribution in [-0.2, 0) is 6.42 Å². The second-order valence-electron chi connectivity index (χ2n) is 4.10. The normalized spacial score (nSPS) is 10.6. The van der Waals surface area contributed by atoms with Gasteiger partial charge < -0.3 is 4.74 Å². The number of benzene rings is 1. The lowest BCUT2D eigenvalue weighted by molar-refractivity contribution is 0.414. The third-order valence-electron chi connectivity index (χ3n) is 2.93. The molecule has 0 aliphatic carbocycles. The van der Waals surface area contributed by atoms with Gasteiger partial charge in [-0.2, -0.15) is 0 Å². The van der Waals surface area contributed by atoms with Gasteiger partial charge in [0.1, 0.15) is 10.9 Å². The highest BCUT2D eigenvalue weighted by Gasteiger charge is 2.12. The van der Waals surface area contributed by atoms with E-state index in [1.807, 2.05) is 32.0 Å². The van der Waals surface area contributed by atoms with Crippen LogP contribution >= 0.6 is 27.5 Å². The molecule has 0 saturated carbocycles. The van der Waals surface area contributed by atoms with Gasteiger partial charge in [0.25, 0.3) is 0 Å². The Hall–Kier alpha value is -1.13. The summed E-state index contributed by atoms with van der Waals surface area (Å²) < 4.78 is 6.05. The zero-order chi connectivity index (χ0) is 14.0. The predicted octanol–water partition coefficient (Wildman–Crippen LogP) is 4.44. The van der Waals surface area contributed by atoms with Crippen molar-refractivity contribution in [3.05, 3.63) is 39.1 Å². The van der Waals surface area contributed by atoms with Crippen LogP contribution in [0.2, 0.25) is 5.15 Å². The number of aryl methyl sites for hydroxylation is 1. The van der Waals surface area contributed by atoms with Crippen LogP contribution in [0.1, 0.15) is 18.2 Å². The van der Waals surface area contributed by atoms with E-state index in [0.717, 1.165) is 33.5 Å². The average molecular weight is 342 g/mol. The third kappa shape index (κ3) is 2.90. The first-order valence-electron chi connectivity index (χ1n) is 5.93. The Morgan fingerprint density at radius 2 is 2.05 bits per heavy atom. The summed E-state index contributed by atoms with van der Waals surface area (Å²) in [6.07, 6.45) is 0.828. The van der Waals surface area contributed by atoms with Crippen LogP contribution in [-0.4, -0.2) is 17.1 Å². The molecule has 0 saturated heterocycles. The molecule has 0 atom stereocenters. The topological polar surface area (TPSA) is 35.0 Å². The number of aromatic nitrogens is 2. The molecule has 1 heterocycles. The van der Waals surface area contributed by atoms with Crippen LogP contribution in [0.4, 0.5) is 0 Å². The monoisotopic (exact) mass is 340 g/mol. The van der Waals surface area contributed by atoms with Crippen molar-refractivity contribution >= 4 is 27.5 Å². The smallest absolute Gasteiger partial charge is 0.162 e. The van der Waals surface area contributed by atoms with Gasteiger partial charge in [-0.05, 0) is 47.5 Å².